The fraction of sp³-hybridized carbons (Fsp3) is 0.167. The van der Waals surface area contributed by atoms with Gasteiger partial charge in [-0.25, -0.2) is 4.79 Å². The number of ether oxygens (including phenoxy) is 2. The SMILES string of the molecule is C=CC(=O)OCC=CO.C=CCl.C=COC(C)=O. The molecular weight excluding hydrogens is 260 g/mol. The second kappa shape index (κ2) is 20.4. The molecule has 0 aromatic carbocycles. The summed E-state index contributed by atoms with van der Waals surface area (Å²) >= 11 is 4.76. The van der Waals surface area contributed by atoms with Gasteiger partial charge in [-0.05, 0) is 11.6 Å². The van der Waals surface area contributed by atoms with E-state index in [0.29, 0.717) is 0 Å². The lowest BCUT2D eigenvalue weighted by atomic mass is 10.6. The Balaban J connectivity index is -0.000000216. The molecule has 0 aliphatic heterocycles. The monoisotopic (exact) mass is 276 g/mol. The van der Waals surface area contributed by atoms with Gasteiger partial charge < -0.3 is 14.6 Å². The maximum Gasteiger partial charge on any atom is 0.330 e. The highest BCUT2D eigenvalue weighted by atomic mass is 35.5. The molecule has 1 N–H and O–H groups in total. The molecule has 0 aliphatic rings. The minimum Gasteiger partial charge on any atom is -0.516 e. The van der Waals surface area contributed by atoms with Crippen molar-refractivity contribution < 1.29 is 24.2 Å². The van der Waals surface area contributed by atoms with Crippen LogP contribution in [0.15, 0.2) is 49.9 Å². The van der Waals surface area contributed by atoms with E-state index in [1.54, 1.807) is 0 Å². The number of carbonyl (C=O) groups is 2. The Bertz CT molecular complexity index is 284. The molecule has 5 nitrogen and oxygen atoms in total. The van der Waals surface area contributed by atoms with Crippen molar-refractivity contribution in [3.8, 4) is 0 Å². The largest absolute Gasteiger partial charge is 0.516 e. The number of halogens is 1. The highest BCUT2D eigenvalue weighted by molar-refractivity contribution is 6.25. The van der Waals surface area contributed by atoms with Crippen molar-refractivity contribution in [1.29, 1.82) is 0 Å². The van der Waals surface area contributed by atoms with Gasteiger partial charge in [0.2, 0.25) is 0 Å². The lowest BCUT2D eigenvalue weighted by Gasteiger charge is -1.92. The Hall–Kier alpha value is -2.01. The molecule has 0 rings (SSSR count). The molecule has 0 aromatic heterocycles. The summed E-state index contributed by atoms with van der Waals surface area (Å²) in [5.41, 5.74) is 1.22. The third-order valence-corrected chi connectivity index (χ3v) is 0.843. The molecule has 0 atom stereocenters. The molecule has 0 unspecified atom stereocenters. The van der Waals surface area contributed by atoms with Crippen LogP contribution in [0.4, 0.5) is 0 Å². The van der Waals surface area contributed by atoms with E-state index < -0.39 is 5.97 Å². The van der Waals surface area contributed by atoms with Gasteiger partial charge in [0.15, 0.2) is 0 Å². The normalized spacial score (nSPS) is 7.67. The maximum atomic E-state index is 10.2. The van der Waals surface area contributed by atoms with Crippen LogP contribution in [0.25, 0.3) is 0 Å². The lowest BCUT2D eigenvalue weighted by molar-refractivity contribution is -0.137. The van der Waals surface area contributed by atoms with Crippen LogP contribution in [0.1, 0.15) is 6.92 Å². The molecular formula is C12H17ClO5. The van der Waals surface area contributed by atoms with Crippen molar-refractivity contribution in [3.63, 3.8) is 0 Å². The Labute approximate surface area is 112 Å². The summed E-state index contributed by atoms with van der Waals surface area (Å²) in [5.74, 6) is -0.821. The van der Waals surface area contributed by atoms with Gasteiger partial charge in [-0.3, -0.25) is 4.79 Å². The van der Waals surface area contributed by atoms with E-state index in [2.05, 4.69) is 29.2 Å². The Kier molecular flexibility index (Phi) is 24.1. The summed E-state index contributed by atoms with van der Waals surface area (Å²) in [5, 5.41) is 8.05. The van der Waals surface area contributed by atoms with Crippen LogP contribution in [-0.2, 0) is 19.1 Å². The molecule has 6 heteroatoms. The summed E-state index contributed by atoms with van der Waals surface area (Å²) in [7, 11) is 0. The Morgan fingerprint density at radius 3 is 2.06 bits per heavy atom. The molecule has 0 amide bonds. The van der Waals surface area contributed by atoms with Gasteiger partial charge in [0.05, 0.1) is 12.5 Å². The Morgan fingerprint density at radius 2 is 1.83 bits per heavy atom. The number of aliphatic hydroxyl groups is 1. The zero-order valence-corrected chi connectivity index (χ0v) is 10.9. The fourth-order valence-electron chi connectivity index (χ4n) is 0.350. The Morgan fingerprint density at radius 1 is 1.33 bits per heavy atom. The van der Waals surface area contributed by atoms with E-state index in [0.717, 1.165) is 18.6 Å². The number of hydrogen-bond donors (Lipinski definition) is 1. The summed E-state index contributed by atoms with van der Waals surface area (Å²) in [6.45, 7) is 10.9. The van der Waals surface area contributed by atoms with Gasteiger partial charge in [-0.2, -0.15) is 0 Å². The fourth-order valence-corrected chi connectivity index (χ4v) is 0.350. The van der Waals surface area contributed by atoms with Gasteiger partial charge >= 0.3 is 11.9 Å². The van der Waals surface area contributed by atoms with Gasteiger partial charge in [-0.15, -0.1) is 0 Å². The molecule has 0 heterocycles. The minimum absolute atomic E-state index is 0.0847. The first-order valence-electron chi connectivity index (χ1n) is 4.57. The van der Waals surface area contributed by atoms with Crippen LogP contribution in [-0.4, -0.2) is 23.7 Å². The number of aliphatic hydroxyl groups excluding tert-OH is 1. The van der Waals surface area contributed by atoms with Crippen LogP contribution < -0.4 is 0 Å². The second-order valence-corrected chi connectivity index (χ2v) is 2.46. The van der Waals surface area contributed by atoms with E-state index >= 15 is 0 Å². The predicted molar refractivity (Wildman–Crippen MR) is 70.9 cm³/mol. The van der Waals surface area contributed by atoms with Crippen molar-refractivity contribution in [1.82, 2.24) is 0 Å². The minimum atomic E-state index is -0.492. The standard InChI is InChI=1S/C6H8O3.C4H6O2.C2H3Cl/c1-2-6(8)9-5-3-4-7;1-3-6-4(2)5;1-2-3/h2-4,7H,1,5H2;3H,1H2,2H3;2H,1H2. The van der Waals surface area contributed by atoms with Crippen molar-refractivity contribution in [3.05, 3.63) is 49.9 Å². The molecule has 0 fully saturated rings. The summed E-state index contributed by atoms with van der Waals surface area (Å²) < 4.78 is 8.59. The van der Waals surface area contributed by atoms with E-state index in [4.69, 9.17) is 16.7 Å². The summed E-state index contributed by atoms with van der Waals surface area (Å²) in [6, 6.07) is 0. The highest BCUT2D eigenvalue weighted by Crippen LogP contribution is 1.78. The van der Waals surface area contributed by atoms with Gasteiger partial charge in [-0.1, -0.05) is 31.3 Å². The topological polar surface area (TPSA) is 72.8 Å². The first kappa shape index (κ1) is 21.3. The molecule has 18 heavy (non-hydrogen) atoms. The molecule has 0 radical (unpaired) electrons. The van der Waals surface area contributed by atoms with E-state index in [1.807, 2.05) is 0 Å². The predicted octanol–water partition coefficient (Wildman–Crippen LogP) is 2.85. The first-order valence-corrected chi connectivity index (χ1v) is 5.01. The van der Waals surface area contributed by atoms with Crippen molar-refractivity contribution in [2.24, 2.45) is 0 Å². The summed E-state index contributed by atoms with van der Waals surface area (Å²) in [6.07, 6.45) is 4.28. The van der Waals surface area contributed by atoms with Crippen LogP contribution in [0.5, 0.6) is 0 Å². The molecule has 0 spiro atoms. The summed E-state index contributed by atoms with van der Waals surface area (Å²) in [4.78, 5) is 20.0. The van der Waals surface area contributed by atoms with Crippen LogP contribution in [0.2, 0.25) is 0 Å². The van der Waals surface area contributed by atoms with Crippen LogP contribution >= 0.6 is 11.6 Å². The molecule has 0 aliphatic carbocycles. The molecule has 102 valence electrons. The lowest BCUT2D eigenvalue weighted by Crippen LogP contribution is -1.98. The van der Waals surface area contributed by atoms with Gasteiger partial charge in [0.25, 0.3) is 0 Å². The van der Waals surface area contributed by atoms with Crippen molar-refractivity contribution >= 4 is 23.5 Å². The zero-order valence-electron chi connectivity index (χ0n) is 10.2. The van der Waals surface area contributed by atoms with Gasteiger partial charge in [0.1, 0.15) is 6.61 Å². The average Bonchev–Trinajstić information content (AvgIpc) is 2.31. The van der Waals surface area contributed by atoms with Crippen molar-refractivity contribution in [2.75, 3.05) is 6.61 Å². The van der Waals surface area contributed by atoms with Gasteiger partial charge in [0, 0.05) is 13.0 Å². The third-order valence-electron chi connectivity index (χ3n) is 0.843. The quantitative estimate of drug-likeness (QED) is 0.485. The maximum absolute atomic E-state index is 10.2. The number of esters is 2. The van der Waals surface area contributed by atoms with Crippen molar-refractivity contribution in [2.45, 2.75) is 6.92 Å². The first-order chi connectivity index (χ1) is 8.49. The highest BCUT2D eigenvalue weighted by Gasteiger charge is 1.88. The number of hydrogen-bond acceptors (Lipinski definition) is 5. The van der Waals surface area contributed by atoms with Crippen LogP contribution in [0.3, 0.4) is 0 Å². The van der Waals surface area contributed by atoms with E-state index in [9.17, 15) is 9.59 Å². The zero-order chi connectivity index (χ0) is 14.8. The molecule has 0 aromatic rings. The molecule has 0 bridgehead atoms. The smallest absolute Gasteiger partial charge is 0.330 e. The van der Waals surface area contributed by atoms with E-state index in [-0.39, 0.29) is 12.6 Å². The third kappa shape index (κ3) is 37.0. The second-order valence-electron chi connectivity index (χ2n) is 2.15. The van der Waals surface area contributed by atoms with Crippen LogP contribution in [0, 0.1) is 0 Å². The van der Waals surface area contributed by atoms with E-state index in [1.165, 1.54) is 18.5 Å². The average molecular weight is 277 g/mol. The molecule has 0 saturated heterocycles. The number of carbonyl (C=O) groups excluding carboxylic acids is 2. The number of rotatable bonds is 4. The molecule has 0 saturated carbocycles.